The highest BCUT2D eigenvalue weighted by molar-refractivity contribution is 7.98. The summed E-state index contributed by atoms with van der Waals surface area (Å²) in [5.41, 5.74) is 3.47. The predicted octanol–water partition coefficient (Wildman–Crippen LogP) is 7.81. The SMILES string of the molecule is O=C(c1csc(CSc2nnc(-c3ccco3)n2-c2ccccc2Cl)n1)N(CCc1ccccc1)Cc1ccccc1. The van der Waals surface area contributed by atoms with Gasteiger partial charge in [-0.3, -0.25) is 9.36 Å². The molecule has 3 aromatic carbocycles. The van der Waals surface area contributed by atoms with Crippen molar-refractivity contribution in [1.82, 2.24) is 24.6 Å². The van der Waals surface area contributed by atoms with Crippen LogP contribution in [0.4, 0.5) is 0 Å². The van der Waals surface area contributed by atoms with Gasteiger partial charge >= 0.3 is 0 Å². The van der Waals surface area contributed by atoms with Crippen molar-refractivity contribution < 1.29 is 9.21 Å². The number of nitrogens with zero attached hydrogens (tertiary/aromatic N) is 5. The van der Waals surface area contributed by atoms with Crippen LogP contribution in [0.3, 0.4) is 0 Å². The van der Waals surface area contributed by atoms with Crippen molar-refractivity contribution in [2.75, 3.05) is 6.54 Å². The van der Waals surface area contributed by atoms with Crippen LogP contribution >= 0.6 is 34.7 Å². The highest BCUT2D eigenvalue weighted by Gasteiger charge is 2.22. The Hall–Kier alpha value is -4.18. The lowest BCUT2D eigenvalue weighted by Gasteiger charge is -2.22. The van der Waals surface area contributed by atoms with Gasteiger partial charge in [-0.05, 0) is 41.8 Å². The molecule has 0 atom stereocenters. The lowest BCUT2D eigenvalue weighted by molar-refractivity contribution is 0.0740. The number of amides is 1. The van der Waals surface area contributed by atoms with Crippen molar-refractivity contribution in [2.24, 2.45) is 0 Å². The summed E-state index contributed by atoms with van der Waals surface area (Å²) in [6.07, 6.45) is 2.37. The zero-order valence-electron chi connectivity index (χ0n) is 22.5. The molecular weight excluding hydrogens is 586 g/mol. The number of para-hydroxylation sites is 1. The van der Waals surface area contributed by atoms with E-state index in [1.807, 2.05) is 99.8 Å². The second-order valence-electron chi connectivity index (χ2n) is 9.43. The Labute approximate surface area is 256 Å². The van der Waals surface area contributed by atoms with E-state index in [0.717, 1.165) is 22.7 Å². The molecule has 0 unspecified atom stereocenters. The number of aromatic nitrogens is 4. The van der Waals surface area contributed by atoms with Gasteiger partial charge in [0.2, 0.25) is 5.82 Å². The lowest BCUT2D eigenvalue weighted by atomic mass is 10.1. The third-order valence-electron chi connectivity index (χ3n) is 6.58. The van der Waals surface area contributed by atoms with Crippen LogP contribution in [0.25, 0.3) is 17.3 Å². The number of carbonyl (C=O) groups is 1. The van der Waals surface area contributed by atoms with Gasteiger partial charge in [-0.1, -0.05) is 96.2 Å². The number of benzene rings is 3. The van der Waals surface area contributed by atoms with Gasteiger partial charge in [0.05, 0.1) is 22.7 Å². The Bertz CT molecular complexity index is 1750. The summed E-state index contributed by atoms with van der Waals surface area (Å²) in [7, 11) is 0. The number of thioether (sulfide) groups is 1. The van der Waals surface area contributed by atoms with Gasteiger partial charge in [-0.2, -0.15) is 0 Å². The average molecular weight is 612 g/mol. The van der Waals surface area contributed by atoms with Gasteiger partial charge < -0.3 is 9.32 Å². The number of thiazole rings is 1. The number of hydrogen-bond acceptors (Lipinski definition) is 7. The molecule has 3 heterocycles. The van der Waals surface area contributed by atoms with Crippen molar-refractivity contribution in [1.29, 1.82) is 0 Å². The summed E-state index contributed by atoms with van der Waals surface area (Å²) in [6, 6.07) is 31.4. The van der Waals surface area contributed by atoms with Crippen molar-refractivity contribution in [3.8, 4) is 17.3 Å². The van der Waals surface area contributed by atoms with Crippen molar-refractivity contribution >= 4 is 40.6 Å². The zero-order chi connectivity index (χ0) is 28.7. The molecule has 0 spiro atoms. The summed E-state index contributed by atoms with van der Waals surface area (Å²) < 4.78 is 7.50. The number of rotatable bonds is 11. The van der Waals surface area contributed by atoms with Crippen LogP contribution in [-0.2, 0) is 18.7 Å². The molecule has 0 aliphatic heterocycles. The number of hydrogen-bond donors (Lipinski definition) is 0. The first-order valence-electron chi connectivity index (χ1n) is 13.3. The molecular formula is C32H26ClN5O2S2. The number of furan rings is 1. The normalized spacial score (nSPS) is 11.1. The van der Waals surface area contributed by atoms with Crippen LogP contribution in [0.15, 0.2) is 118 Å². The predicted molar refractivity (Wildman–Crippen MR) is 167 cm³/mol. The van der Waals surface area contributed by atoms with E-state index in [1.165, 1.54) is 28.7 Å². The summed E-state index contributed by atoms with van der Waals surface area (Å²) in [5, 5.41) is 12.7. The maximum Gasteiger partial charge on any atom is 0.273 e. The zero-order valence-corrected chi connectivity index (χ0v) is 24.9. The van der Waals surface area contributed by atoms with Gasteiger partial charge in [-0.15, -0.1) is 21.5 Å². The second-order valence-corrected chi connectivity index (χ2v) is 11.7. The van der Waals surface area contributed by atoms with E-state index in [4.69, 9.17) is 21.0 Å². The molecule has 42 heavy (non-hydrogen) atoms. The molecule has 6 aromatic rings. The van der Waals surface area contributed by atoms with E-state index in [2.05, 4.69) is 22.3 Å². The number of carbonyl (C=O) groups excluding carboxylic acids is 1. The molecule has 0 N–H and O–H groups in total. The molecule has 210 valence electrons. The number of halogens is 1. The van der Waals surface area contributed by atoms with Crippen molar-refractivity contribution in [3.63, 3.8) is 0 Å². The summed E-state index contributed by atoms with van der Waals surface area (Å²) in [5.74, 6) is 1.58. The van der Waals surface area contributed by atoms with Gasteiger partial charge in [0, 0.05) is 18.5 Å². The minimum atomic E-state index is -0.0818. The summed E-state index contributed by atoms with van der Waals surface area (Å²) in [4.78, 5) is 20.3. The molecule has 0 bridgehead atoms. The minimum Gasteiger partial charge on any atom is -0.461 e. The molecule has 0 saturated carbocycles. The lowest BCUT2D eigenvalue weighted by Crippen LogP contribution is -2.32. The molecule has 6 rings (SSSR count). The molecule has 0 aliphatic rings. The summed E-state index contributed by atoms with van der Waals surface area (Å²) in [6.45, 7) is 1.11. The van der Waals surface area contributed by atoms with Crippen molar-refractivity contribution in [2.45, 2.75) is 23.9 Å². The molecule has 1 amide bonds. The van der Waals surface area contributed by atoms with Gasteiger partial charge in [0.15, 0.2) is 10.9 Å². The Morgan fingerprint density at radius 1 is 0.905 bits per heavy atom. The van der Waals surface area contributed by atoms with E-state index in [-0.39, 0.29) is 5.91 Å². The Balaban J connectivity index is 1.20. The molecule has 10 heteroatoms. The monoisotopic (exact) mass is 611 g/mol. The van der Waals surface area contributed by atoms with E-state index in [9.17, 15) is 4.79 Å². The topological polar surface area (TPSA) is 77.0 Å². The molecule has 7 nitrogen and oxygen atoms in total. The largest absolute Gasteiger partial charge is 0.461 e. The second kappa shape index (κ2) is 13.2. The standard InChI is InChI=1S/C32H26ClN5O2S2/c33-25-14-7-8-15-27(25)38-30(28-16-9-19-40-28)35-36-32(38)42-22-29-34-26(21-41-29)31(39)37(20-24-12-5-2-6-13-24)18-17-23-10-3-1-4-11-23/h1-16,19,21H,17-18,20,22H2. The fourth-order valence-electron chi connectivity index (χ4n) is 4.51. The van der Waals surface area contributed by atoms with Crippen molar-refractivity contribution in [3.05, 3.63) is 136 Å². The Kier molecular flexibility index (Phi) is 8.79. The fraction of sp³-hybridized carbons (Fsp3) is 0.125. The summed E-state index contributed by atoms with van der Waals surface area (Å²) >= 11 is 9.50. The third-order valence-corrected chi connectivity index (χ3v) is 8.87. The van der Waals surface area contributed by atoms with E-state index < -0.39 is 0 Å². The highest BCUT2D eigenvalue weighted by atomic mass is 35.5. The van der Waals surface area contributed by atoms with Crippen LogP contribution in [-0.4, -0.2) is 37.1 Å². The fourth-order valence-corrected chi connectivity index (χ4v) is 6.46. The van der Waals surface area contributed by atoms with Crippen LogP contribution < -0.4 is 0 Å². The third kappa shape index (κ3) is 6.49. The molecule has 3 aromatic heterocycles. The minimum absolute atomic E-state index is 0.0818. The highest BCUT2D eigenvalue weighted by Crippen LogP contribution is 2.33. The maximum absolute atomic E-state index is 13.7. The van der Waals surface area contributed by atoms with Gasteiger partial charge in [0.1, 0.15) is 10.7 Å². The Morgan fingerprint density at radius 2 is 1.64 bits per heavy atom. The smallest absolute Gasteiger partial charge is 0.273 e. The van der Waals surface area contributed by atoms with E-state index in [1.54, 1.807) is 6.26 Å². The van der Waals surface area contributed by atoms with E-state index >= 15 is 0 Å². The first kappa shape index (κ1) is 28.0. The quantitative estimate of drug-likeness (QED) is 0.139. The molecule has 0 fully saturated rings. The van der Waals surface area contributed by atoms with E-state index in [0.29, 0.717) is 46.3 Å². The molecule has 0 radical (unpaired) electrons. The average Bonchev–Trinajstić information content (AvgIpc) is 3.81. The Morgan fingerprint density at radius 3 is 2.38 bits per heavy atom. The van der Waals surface area contributed by atoms with Gasteiger partial charge in [-0.25, -0.2) is 4.98 Å². The van der Waals surface area contributed by atoms with Crippen LogP contribution in [0.1, 0.15) is 26.6 Å². The van der Waals surface area contributed by atoms with Crippen LogP contribution in [0.5, 0.6) is 0 Å². The molecule has 0 aliphatic carbocycles. The first-order valence-corrected chi connectivity index (χ1v) is 15.6. The van der Waals surface area contributed by atoms with Gasteiger partial charge in [0.25, 0.3) is 5.91 Å². The maximum atomic E-state index is 13.7. The van der Waals surface area contributed by atoms with Crippen LogP contribution in [0, 0.1) is 0 Å². The van der Waals surface area contributed by atoms with Crippen LogP contribution in [0.2, 0.25) is 5.02 Å². The first-order chi connectivity index (χ1) is 20.7. The molecule has 0 saturated heterocycles.